The Morgan fingerprint density at radius 1 is 1.32 bits per heavy atom. The molecule has 0 atom stereocenters. The maximum atomic E-state index is 14.0. The Hall–Kier alpha value is -2.62. The van der Waals surface area contributed by atoms with E-state index in [4.69, 9.17) is 28.6 Å². The van der Waals surface area contributed by atoms with Gasteiger partial charge < -0.3 is 4.74 Å². The number of ether oxygens (including phenoxy) is 1. The lowest BCUT2D eigenvalue weighted by molar-refractivity contribution is -0.123. The second-order valence-corrected chi connectivity index (χ2v) is 7.54. The minimum absolute atomic E-state index is 0.141. The minimum atomic E-state index is -0.757. The van der Waals surface area contributed by atoms with Gasteiger partial charge in [0.25, 0.3) is 11.8 Å². The fourth-order valence-corrected chi connectivity index (χ4v) is 3.67. The van der Waals surface area contributed by atoms with Gasteiger partial charge in [-0.25, -0.2) is 4.98 Å². The summed E-state index contributed by atoms with van der Waals surface area (Å²) in [5, 5.41) is 6.95. The number of nitrogens with zero attached hydrogens (tertiary/aromatic N) is 4. The standard InChI is InChI=1S/C18H10ClFN4O2S2/c19-17-21-8-13(20)16(23-17)26-14-6-5-10-3-1-2-4-11(10)12(14)7-22-24-15(25)9-28-18(24)27/h1-8H,9H2/b22-7+. The van der Waals surface area contributed by atoms with Gasteiger partial charge >= 0.3 is 0 Å². The Balaban J connectivity index is 1.80. The fourth-order valence-electron chi connectivity index (χ4n) is 2.58. The number of benzene rings is 2. The zero-order chi connectivity index (χ0) is 19.7. The number of aromatic nitrogens is 2. The van der Waals surface area contributed by atoms with E-state index in [2.05, 4.69) is 15.1 Å². The van der Waals surface area contributed by atoms with E-state index < -0.39 is 5.82 Å². The van der Waals surface area contributed by atoms with E-state index in [0.717, 1.165) is 22.0 Å². The smallest absolute Gasteiger partial charge is 0.260 e. The highest BCUT2D eigenvalue weighted by atomic mass is 35.5. The van der Waals surface area contributed by atoms with Gasteiger partial charge in [-0.2, -0.15) is 19.5 Å². The number of hydrogen-bond acceptors (Lipinski definition) is 7. The number of rotatable bonds is 4. The molecule has 0 N–H and O–H groups in total. The summed E-state index contributed by atoms with van der Waals surface area (Å²) in [6.07, 6.45) is 2.40. The number of halogens is 2. The highest BCUT2D eigenvalue weighted by molar-refractivity contribution is 8.23. The quantitative estimate of drug-likeness (QED) is 0.345. The van der Waals surface area contributed by atoms with E-state index in [1.54, 1.807) is 6.07 Å². The summed E-state index contributed by atoms with van der Waals surface area (Å²) in [6.45, 7) is 0. The number of carbonyl (C=O) groups excluding carboxylic acids is 1. The number of hydrogen-bond donors (Lipinski definition) is 0. The summed E-state index contributed by atoms with van der Waals surface area (Å²) in [4.78, 5) is 19.3. The summed E-state index contributed by atoms with van der Waals surface area (Å²) in [6, 6.07) is 11.0. The molecule has 0 aliphatic carbocycles. The van der Waals surface area contributed by atoms with Crippen molar-refractivity contribution in [3.8, 4) is 11.6 Å². The summed E-state index contributed by atoms with van der Waals surface area (Å²) in [7, 11) is 0. The fraction of sp³-hybridized carbons (Fsp3) is 0.0556. The number of thioether (sulfide) groups is 1. The zero-order valence-corrected chi connectivity index (χ0v) is 16.4. The molecule has 1 fully saturated rings. The van der Waals surface area contributed by atoms with Crippen LogP contribution in [0.1, 0.15) is 5.56 Å². The van der Waals surface area contributed by atoms with Crippen LogP contribution in [0.2, 0.25) is 5.28 Å². The van der Waals surface area contributed by atoms with E-state index in [1.807, 2.05) is 30.3 Å². The van der Waals surface area contributed by atoms with Gasteiger partial charge in [-0.15, -0.1) is 0 Å². The average Bonchev–Trinajstić information content (AvgIpc) is 3.01. The van der Waals surface area contributed by atoms with Gasteiger partial charge in [-0.05, 0) is 28.4 Å². The van der Waals surface area contributed by atoms with Crippen LogP contribution < -0.4 is 4.74 Å². The van der Waals surface area contributed by atoms with Crippen LogP contribution in [0.25, 0.3) is 10.8 Å². The van der Waals surface area contributed by atoms with Crippen LogP contribution in [0.15, 0.2) is 47.7 Å². The monoisotopic (exact) mass is 432 g/mol. The molecule has 10 heteroatoms. The molecule has 1 aliphatic heterocycles. The lowest BCUT2D eigenvalue weighted by Gasteiger charge is -2.12. The highest BCUT2D eigenvalue weighted by Gasteiger charge is 2.26. The third-order valence-electron chi connectivity index (χ3n) is 3.85. The lowest BCUT2D eigenvalue weighted by atomic mass is 10.0. The van der Waals surface area contributed by atoms with Gasteiger partial charge in [0.15, 0.2) is 4.32 Å². The third-order valence-corrected chi connectivity index (χ3v) is 5.37. The summed E-state index contributed by atoms with van der Waals surface area (Å²) in [5.41, 5.74) is 0.541. The highest BCUT2D eigenvalue weighted by Crippen LogP contribution is 2.31. The lowest BCUT2D eigenvalue weighted by Crippen LogP contribution is -2.22. The van der Waals surface area contributed by atoms with Crippen molar-refractivity contribution in [2.24, 2.45) is 5.10 Å². The van der Waals surface area contributed by atoms with Gasteiger partial charge in [0, 0.05) is 5.56 Å². The van der Waals surface area contributed by atoms with E-state index in [-0.39, 0.29) is 22.8 Å². The van der Waals surface area contributed by atoms with Gasteiger partial charge in [0.2, 0.25) is 11.1 Å². The van der Waals surface area contributed by atoms with Crippen molar-refractivity contribution in [1.29, 1.82) is 0 Å². The molecule has 0 unspecified atom stereocenters. The molecule has 1 aromatic heterocycles. The molecule has 28 heavy (non-hydrogen) atoms. The predicted molar refractivity (Wildman–Crippen MR) is 111 cm³/mol. The molecule has 0 bridgehead atoms. The molecule has 6 nitrogen and oxygen atoms in total. The van der Waals surface area contributed by atoms with Crippen LogP contribution in [0.3, 0.4) is 0 Å². The summed E-state index contributed by atoms with van der Waals surface area (Å²) in [5.74, 6) is -0.732. The van der Waals surface area contributed by atoms with Gasteiger partial charge in [0.1, 0.15) is 5.75 Å². The number of fused-ring (bicyclic) bond motifs is 1. The third kappa shape index (κ3) is 3.68. The Morgan fingerprint density at radius 2 is 2.14 bits per heavy atom. The normalized spacial score (nSPS) is 14.4. The first-order chi connectivity index (χ1) is 13.5. The van der Waals surface area contributed by atoms with Crippen molar-refractivity contribution in [3.63, 3.8) is 0 Å². The van der Waals surface area contributed by atoms with Crippen molar-refractivity contribution in [1.82, 2.24) is 15.0 Å². The van der Waals surface area contributed by atoms with Crippen LogP contribution in [0.4, 0.5) is 4.39 Å². The van der Waals surface area contributed by atoms with Crippen LogP contribution in [0, 0.1) is 5.82 Å². The maximum absolute atomic E-state index is 14.0. The van der Waals surface area contributed by atoms with Crippen molar-refractivity contribution in [3.05, 3.63) is 59.3 Å². The molecular weight excluding hydrogens is 423 g/mol. The molecule has 1 saturated heterocycles. The van der Waals surface area contributed by atoms with Crippen molar-refractivity contribution in [2.45, 2.75) is 0 Å². The second-order valence-electron chi connectivity index (χ2n) is 5.60. The Morgan fingerprint density at radius 3 is 2.93 bits per heavy atom. The SMILES string of the molecule is O=C1CSC(=S)N1/N=C/c1c(Oc2nc(Cl)ncc2F)ccc2ccccc12. The first kappa shape index (κ1) is 18.7. The number of amides is 1. The van der Waals surface area contributed by atoms with Gasteiger partial charge in [-0.3, -0.25) is 4.79 Å². The summed E-state index contributed by atoms with van der Waals surface area (Å²) < 4.78 is 20.0. The Kier molecular flexibility index (Phi) is 5.21. The van der Waals surface area contributed by atoms with Crippen molar-refractivity contribution in [2.75, 3.05) is 5.75 Å². The molecule has 140 valence electrons. The molecule has 0 saturated carbocycles. The van der Waals surface area contributed by atoms with E-state index in [1.165, 1.54) is 18.0 Å². The molecule has 1 aliphatic rings. The molecule has 1 amide bonds. The van der Waals surface area contributed by atoms with Crippen LogP contribution in [-0.2, 0) is 4.79 Å². The van der Waals surface area contributed by atoms with Gasteiger partial charge in [-0.1, -0.05) is 54.3 Å². The number of carbonyl (C=O) groups is 1. The predicted octanol–water partition coefficient (Wildman–Crippen LogP) is 4.41. The second kappa shape index (κ2) is 7.78. The van der Waals surface area contributed by atoms with Crippen molar-refractivity contribution < 1.29 is 13.9 Å². The van der Waals surface area contributed by atoms with E-state index in [9.17, 15) is 9.18 Å². The first-order valence-electron chi connectivity index (χ1n) is 7.94. The molecule has 3 aromatic rings. The minimum Gasteiger partial charge on any atom is -0.436 e. The average molecular weight is 433 g/mol. The zero-order valence-electron chi connectivity index (χ0n) is 14.0. The van der Waals surface area contributed by atoms with Crippen LogP contribution in [-0.4, -0.2) is 37.2 Å². The molecule has 0 radical (unpaired) electrons. The Bertz CT molecular complexity index is 1130. The largest absolute Gasteiger partial charge is 0.436 e. The van der Waals surface area contributed by atoms with Crippen molar-refractivity contribution >= 4 is 62.8 Å². The topological polar surface area (TPSA) is 67.7 Å². The summed E-state index contributed by atoms with van der Waals surface area (Å²) >= 11 is 12.1. The Labute approximate surface area is 173 Å². The molecular formula is C18H10ClFN4O2S2. The molecule has 4 rings (SSSR count). The molecule has 2 aromatic carbocycles. The number of thiocarbonyl (C=S) groups is 1. The first-order valence-corrected chi connectivity index (χ1v) is 9.71. The van der Waals surface area contributed by atoms with Crippen LogP contribution >= 0.6 is 35.6 Å². The molecule has 0 spiro atoms. The number of hydrazone groups is 1. The maximum Gasteiger partial charge on any atom is 0.260 e. The van der Waals surface area contributed by atoms with Gasteiger partial charge in [0.05, 0.1) is 18.2 Å². The molecule has 2 heterocycles. The van der Waals surface area contributed by atoms with E-state index in [0.29, 0.717) is 15.6 Å². The van der Waals surface area contributed by atoms with E-state index >= 15 is 0 Å². The van der Waals surface area contributed by atoms with Crippen LogP contribution in [0.5, 0.6) is 11.6 Å².